The zero-order valence-corrected chi connectivity index (χ0v) is 6.40. The molecule has 1 heterocycles. The zero-order chi connectivity index (χ0) is 8.32. The Morgan fingerprint density at radius 3 is 2.73 bits per heavy atom. The van der Waals surface area contributed by atoms with Crippen LogP contribution in [-0.4, -0.2) is 34.4 Å². The molecule has 62 valence electrons. The van der Waals surface area contributed by atoms with Gasteiger partial charge in [-0.1, -0.05) is 0 Å². The second kappa shape index (κ2) is 2.93. The third kappa shape index (κ3) is 3.05. The average Bonchev–Trinajstić information content (AvgIpc) is 2.32. The van der Waals surface area contributed by atoms with Crippen molar-refractivity contribution in [2.75, 3.05) is 5.75 Å². The van der Waals surface area contributed by atoms with Crippen LogP contribution in [0.15, 0.2) is 6.33 Å². The summed E-state index contributed by atoms with van der Waals surface area (Å²) in [6.45, 7) is 0.186. The monoisotopic (exact) mass is 177 g/mol. The van der Waals surface area contributed by atoms with Gasteiger partial charge in [-0.25, -0.2) is 18.2 Å². The van der Waals surface area contributed by atoms with Crippen molar-refractivity contribution in [1.82, 2.24) is 20.2 Å². The molecule has 0 spiro atoms. The molecule has 0 unspecified atom stereocenters. The van der Waals surface area contributed by atoms with Crippen molar-refractivity contribution in [3.05, 3.63) is 6.33 Å². The van der Waals surface area contributed by atoms with E-state index in [1.54, 1.807) is 0 Å². The molecule has 0 atom stereocenters. The van der Waals surface area contributed by atoms with Crippen molar-refractivity contribution in [1.29, 1.82) is 0 Å². The molecule has 0 aliphatic rings. The fourth-order valence-corrected chi connectivity index (χ4v) is 0.945. The van der Waals surface area contributed by atoms with Crippen LogP contribution in [0, 0.1) is 0 Å². The normalized spacial score (nSPS) is 11.7. The van der Waals surface area contributed by atoms with E-state index in [1.807, 2.05) is 0 Å². The number of hydrogen-bond acceptors (Lipinski definition) is 5. The molecule has 0 saturated heterocycles. The van der Waals surface area contributed by atoms with Crippen molar-refractivity contribution < 1.29 is 8.42 Å². The van der Waals surface area contributed by atoms with E-state index in [0.29, 0.717) is 0 Å². The van der Waals surface area contributed by atoms with Crippen LogP contribution >= 0.6 is 0 Å². The number of sulfonamides is 1. The minimum Gasteiger partial charge on any atom is -0.231 e. The second-order valence-corrected chi connectivity index (χ2v) is 3.67. The molecule has 1 aromatic heterocycles. The summed E-state index contributed by atoms with van der Waals surface area (Å²) in [7, 11) is -3.42. The van der Waals surface area contributed by atoms with Crippen LogP contribution in [0.5, 0.6) is 0 Å². The van der Waals surface area contributed by atoms with Crippen LogP contribution in [0.1, 0.15) is 0 Å². The van der Waals surface area contributed by atoms with E-state index < -0.39 is 10.0 Å². The zero-order valence-electron chi connectivity index (χ0n) is 5.58. The quantitative estimate of drug-likeness (QED) is 0.573. The predicted molar refractivity (Wildman–Crippen MR) is 35.8 cm³/mol. The lowest BCUT2D eigenvalue weighted by molar-refractivity contribution is 0.576. The van der Waals surface area contributed by atoms with E-state index in [9.17, 15) is 8.42 Å². The van der Waals surface area contributed by atoms with Gasteiger partial charge in [-0.2, -0.15) is 0 Å². The first-order valence-corrected chi connectivity index (χ1v) is 4.51. The summed E-state index contributed by atoms with van der Waals surface area (Å²) in [6.07, 6.45) is 1.32. The van der Waals surface area contributed by atoms with Gasteiger partial charge in [0.25, 0.3) is 0 Å². The molecule has 0 aromatic carbocycles. The van der Waals surface area contributed by atoms with Crippen LogP contribution in [0.4, 0.5) is 0 Å². The van der Waals surface area contributed by atoms with Crippen LogP contribution in [0.25, 0.3) is 0 Å². The van der Waals surface area contributed by atoms with Crippen LogP contribution < -0.4 is 5.14 Å². The maximum absolute atomic E-state index is 10.4. The van der Waals surface area contributed by atoms with Gasteiger partial charge in [0.05, 0.1) is 12.3 Å². The standard InChI is InChI=1S/C3H7N5O2S/c4-11(9,10)2-1-8-3-5-6-7-8/h3H,1-2H2,(H2,4,9,10). The lowest BCUT2D eigenvalue weighted by Gasteiger charge is -1.95. The Hall–Kier alpha value is -1.02. The van der Waals surface area contributed by atoms with Crippen LogP contribution in [0.2, 0.25) is 0 Å². The SMILES string of the molecule is NS(=O)(=O)CCn1cnnn1. The van der Waals surface area contributed by atoms with Gasteiger partial charge >= 0.3 is 0 Å². The highest BCUT2D eigenvalue weighted by atomic mass is 32.2. The largest absolute Gasteiger partial charge is 0.231 e. The fraction of sp³-hybridized carbons (Fsp3) is 0.667. The Balaban J connectivity index is 2.48. The third-order valence-electron chi connectivity index (χ3n) is 0.996. The first kappa shape index (κ1) is 8.08. The van der Waals surface area contributed by atoms with Crippen molar-refractivity contribution in [3.8, 4) is 0 Å². The number of primary sulfonamides is 1. The van der Waals surface area contributed by atoms with Crippen LogP contribution in [-0.2, 0) is 16.6 Å². The molecular formula is C3H7N5O2S. The van der Waals surface area contributed by atoms with Crippen molar-refractivity contribution >= 4 is 10.0 Å². The maximum atomic E-state index is 10.4. The van der Waals surface area contributed by atoms with E-state index in [1.165, 1.54) is 11.0 Å². The molecule has 1 aromatic rings. The lowest BCUT2D eigenvalue weighted by Crippen LogP contribution is -2.20. The van der Waals surface area contributed by atoms with Gasteiger partial charge in [0.2, 0.25) is 10.0 Å². The van der Waals surface area contributed by atoms with Gasteiger partial charge < -0.3 is 0 Å². The summed E-state index contributed by atoms with van der Waals surface area (Å²) in [5.41, 5.74) is 0. The van der Waals surface area contributed by atoms with Crippen molar-refractivity contribution in [2.45, 2.75) is 6.54 Å². The highest BCUT2D eigenvalue weighted by Crippen LogP contribution is 1.82. The summed E-state index contributed by atoms with van der Waals surface area (Å²) < 4.78 is 22.1. The third-order valence-corrected chi connectivity index (χ3v) is 1.75. The lowest BCUT2D eigenvalue weighted by atomic mass is 10.8. The molecule has 0 aliphatic carbocycles. The molecule has 7 nitrogen and oxygen atoms in total. The van der Waals surface area contributed by atoms with E-state index in [-0.39, 0.29) is 12.3 Å². The molecule has 8 heteroatoms. The van der Waals surface area contributed by atoms with Gasteiger partial charge in [0.1, 0.15) is 6.33 Å². The Labute approximate surface area is 63.2 Å². The summed E-state index contributed by atoms with van der Waals surface area (Å²) in [4.78, 5) is 0. The van der Waals surface area contributed by atoms with Crippen LogP contribution in [0.3, 0.4) is 0 Å². The molecule has 0 aliphatic heterocycles. The number of aryl methyl sites for hydroxylation is 1. The topological polar surface area (TPSA) is 104 Å². The summed E-state index contributed by atoms with van der Waals surface area (Å²) in [6, 6.07) is 0. The Kier molecular flexibility index (Phi) is 2.15. The van der Waals surface area contributed by atoms with Crippen molar-refractivity contribution in [2.24, 2.45) is 5.14 Å². The Bertz CT molecular complexity index is 302. The smallest absolute Gasteiger partial charge is 0.210 e. The van der Waals surface area contributed by atoms with E-state index in [2.05, 4.69) is 15.5 Å². The average molecular weight is 177 g/mol. The molecule has 0 amide bonds. The number of aromatic nitrogens is 4. The van der Waals surface area contributed by atoms with Gasteiger partial charge in [-0.3, -0.25) is 0 Å². The maximum Gasteiger partial charge on any atom is 0.210 e. The molecule has 0 fully saturated rings. The number of nitrogens with two attached hydrogens (primary N) is 1. The highest BCUT2D eigenvalue weighted by Gasteiger charge is 2.02. The Morgan fingerprint density at radius 1 is 1.55 bits per heavy atom. The van der Waals surface area contributed by atoms with Gasteiger partial charge in [0, 0.05) is 0 Å². The molecule has 1 rings (SSSR count). The number of hydrogen-bond donors (Lipinski definition) is 1. The molecule has 2 N–H and O–H groups in total. The minimum absolute atomic E-state index is 0.155. The first-order valence-electron chi connectivity index (χ1n) is 2.79. The Morgan fingerprint density at radius 2 is 2.27 bits per heavy atom. The van der Waals surface area contributed by atoms with E-state index in [0.717, 1.165) is 0 Å². The minimum atomic E-state index is -3.42. The number of nitrogens with zero attached hydrogens (tertiary/aromatic N) is 4. The predicted octanol–water partition coefficient (Wildman–Crippen LogP) is -2.04. The summed E-state index contributed by atoms with van der Waals surface area (Å²) in [5.74, 6) is -0.155. The molecule has 0 bridgehead atoms. The fourth-order valence-electron chi connectivity index (χ4n) is 0.503. The first-order chi connectivity index (χ1) is 5.08. The molecule has 0 saturated carbocycles. The van der Waals surface area contributed by atoms with E-state index in [4.69, 9.17) is 5.14 Å². The molecule has 11 heavy (non-hydrogen) atoms. The summed E-state index contributed by atoms with van der Waals surface area (Å²) in [5, 5.41) is 14.8. The molecular weight excluding hydrogens is 170 g/mol. The molecule has 0 radical (unpaired) electrons. The van der Waals surface area contributed by atoms with E-state index >= 15 is 0 Å². The number of rotatable bonds is 3. The number of tetrazole rings is 1. The summed E-state index contributed by atoms with van der Waals surface area (Å²) >= 11 is 0. The second-order valence-electron chi connectivity index (χ2n) is 1.94. The highest BCUT2D eigenvalue weighted by molar-refractivity contribution is 7.89. The van der Waals surface area contributed by atoms with Gasteiger partial charge in [-0.05, 0) is 10.4 Å². The van der Waals surface area contributed by atoms with Gasteiger partial charge in [0.15, 0.2) is 0 Å². The van der Waals surface area contributed by atoms with Gasteiger partial charge in [-0.15, -0.1) is 5.10 Å². The van der Waals surface area contributed by atoms with Crippen molar-refractivity contribution in [3.63, 3.8) is 0 Å².